The van der Waals surface area contributed by atoms with Crippen molar-refractivity contribution in [1.29, 1.82) is 0 Å². The number of anilines is 1. The highest BCUT2D eigenvalue weighted by Gasteiger charge is 2.16. The predicted octanol–water partition coefficient (Wildman–Crippen LogP) is 0.854. The van der Waals surface area contributed by atoms with Crippen molar-refractivity contribution in [2.24, 2.45) is 5.92 Å². The summed E-state index contributed by atoms with van der Waals surface area (Å²) in [5.41, 5.74) is 7.30. The minimum Gasteiger partial charge on any atom is -0.399 e. The lowest BCUT2D eigenvalue weighted by Gasteiger charge is -2.20. The SMILES string of the molecule is Nc1ccn2nc(CC3CCNCC3)nc2c1. The van der Waals surface area contributed by atoms with E-state index in [0.717, 1.165) is 36.7 Å². The first kappa shape index (κ1) is 10.5. The second-order valence-corrected chi connectivity index (χ2v) is 4.69. The molecule has 2 aromatic rings. The molecule has 0 bridgehead atoms. The second kappa shape index (κ2) is 4.33. The van der Waals surface area contributed by atoms with Crippen LogP contribution in [0.2, 0.25) is 0 Å². The Morgan fingerprint density at radius 1 is 1.41 bits per heavy atom. The summed E-state index contributed by atoms with van der Waals surface area (Å²) >= 11 is 0. The number of aromatic nitrogens is 3. The normalized spacial score (nSPS) is 17.6. The van der Waals surface area contributed by atoms with Gasteiger partial charge >= 0.3 is 0 Å². The fourth-order valence-electron chi connectivity index (χ4n) is 2.37. The standard InChI is InChI=1S/C12H17N5/c13-10-3-6-17-12(8-10)15-11(16-17)7-9-1-4-14-5-2-9/h3,6,8-9,14H,1-2,4-5,7,13H2. The van der Waals surface area contributed by atoms with Crippen molar-refractivity contribution in [3.8, 4) is 0 Å². The van der Waals surface area contributed by atoms with Gasteiger partial charge < -0.3 is 11.1 Å². The van der Waals surface area contributed by atoms with Gasteiger partial charge in [0.25, 0.3) is 0 Å². The molecule has 5 heteroatoms. The van der Waals surface area contributed by atoms with Crippen molar-refractivity contribution >= 4 is 11.3 Å². The molecule has 1 fully saturated rings. The number of pyridine rings is 1. The molecule has 3 N–H and O–H groups in total. The van der Waals surface area contributed by atoms with Crippen LogP contribution in [-0.2, 0) is 6.42 Å². The zero-order valence-electron chi connectivity index (χ0n) is 9.76. The van der Waals surface area contributed by atoms with Gasteiger partial charge in [-0.15, -0.1) is 0 Å². The van der Waals surface area contributed by atoms with E-state index < -0.39 is 0 Å². The van der Waals surface area contributed by atoms with E-state index in [1.54, 1.807) is 4.52 Å². The van der Waals surface area contributed by atoms with Crippen molar-refractivity contribution in [1.82, 2.24) is 19.9 Å². The molecule has 3 rings (SSSR count). The Morgan fingerprint density at radius 3 is 3.06 bits per heavy atom. The van der Waals surface area contributed by atoms with E-state index in [1.165, 1.54) is 12.8 Å². The summed E-state index contributed by atoms with van der Waals surface area (Å²) in [7, 11) is 0. The van der Waals surface area contributed by atoms with Crippen LogP contribution in [0.25, 0.3) is 5.65 Å². The maximum Gasteiger partial charge on any atom is 0.157 e. The van der Waals surface area contributed by atoms with Crippen molar-refractivity contribution < 1.29 is 0 Å². The Labute approximate surface area is 100 Å². The molecule has 0 spiro atoms. The van der Waals surface area contributed by atoms with Crippen molar-refractivity contribution in [3.63, 3.8) is 0 Å². The van der Waals surface area contributed by atoms with Crippen LogP contribution in [0.5, 0.6) is 0 Å². The number of hydrogen-bond acceptors (Lipinski definition) is 4. The van der Waals surface area contributed by atoms with E-state index in [4.69, 9.17) is 5.73 Å². The van der Waals surface area contributed by atoms with Crippen LogP contribution in [0, 0.1) is 5.92 Å². The Hall–Kier alpha value is -1.62. The molecular formula is C12H17N5. The van der Waals surface area contributed by atoms with Gasteiger partial charge in [-0.2, -0.15) is 5.10 Å². The van der Waals surface area contributed by atoms with Gasteiger partial charge in [0.05, 0.1) is 0 Å². The molecule has 0 aromatic carbocycles. The van der Waals surface area contributed by atoms with Gasteiger partial charge in [0.2, 0.25) is 0 Å². The molecule has 0 aliphatic carbocycles. The lowest BCUT2D eigenvalue weighted by atomic mass is 9.94. The minimum atomic E-state index is 0.714. The molecule has 1 aliphatic heterocycles. The molecule has 0 atom stereocenters. The summed E-state index contributed by atoms with van der Waals surface area (Å²) < 4.78 is 1.80. The quantitative estimate of drug-likeness (QED) is 0.804. The zero-order chi connectivity index (χ0) is 11.7. The maximum absolute atomic E-state index is 5.73. The third-order valence-corrected chi connectivity index (χ3v) is 3.34. The van der Waals surface area contributed by atoms with Gasteiger partial charge in [-0.1, -0.05) is 0 Å². The van der Waals surface area contributed by atoms with Crippen LogP contribution in [-0.4, -0.2) is 27.7 Å². The number of piperidine rings is 1. The molecule has 1 saturated heterocycles. The van der Waals surface area contributed by atoms with Gasteiger partial charge in [0, 0.05) is 24.4 Å². The van der Waals surface area contributed by atoms with Gasteiger partial charge in [-0.05, 0) is 37.9 Å². The third kappa shape index (κ3) is 2.24. The highest BCUT2D eigenvalue weighted by Crippen LogP contribution is 2.17. The summed E-state index contributed by atoms with van der Waals surface area (Å²) in [6, 6.07) is 3.70. The summed E-state index contributed by atoms with van der Waals surface area (Å²) in [5.74, 6) is 1.65. The number of hydrogen-bond donors (Lipinski definition) is 2. The van der Waals surface area contributed by atoms with Crippen LogP contribution >= 0.6 is 0 Å². The number of fused-ring (bicyclic) bond motifs is 1. The second-order valence-electron chi connectivity index (χ2n) is 4.69. The molecular weight excluding hydrogens is 214 g/mol. The smallest absolute Gasteiger partial charge is 0.157 e. The van der Waals surface area contributed by atoms with E-state index in [-0.39, 0.29) is 0 Å². The predicted molar refractivity (Wildman–Crippen MR) is 66.7 cm³/mol. The van der Waals surface area contributed by atoms with Gasteiger partial charge in [-0.3, -0.25) is 0 Å². The topological polar surface area (TPSA) is 68.2 Å². The molecule has 17 heavy (non-hydrogen) atoms. The van der Waals surface area contributed by atoms with Crippen LogP contribution in [0.4, 0.5) is 5.69 Å². The van der Waals surface area contributed by atoms with E-state index in [1.807, 2.05) is 18.3 Å². The van der Waals surface area contributed by atoms with E-state index in [2.05, 4.69) is 15.4 Å². The number of nitrogens with zero attached hydrogens (tertiary/aromatic N) is 3. The first-order valence-electron chi connectivity index (χ1n) is 6.13. The fraction of sp³-hybridized carbons (Fsp3) is 0.500. The summed E-state index contributed by atoms with van der Waals surface area (Å²) in [4.78, 5) is 4.52. The first-order chi connectivity index (χ1) is 8.31. The molecule has 2 aromatic heterocycles. The molecule has 1 aliphatic rings. The van der Waals surface area contributed by atoms with Crippen molar-refractivity contribution in [2.45, 2.75) is 19.3 Å². The number of nitrogen functional groups attached to an aromatic ring is 1. The Balaban J connectivity index is 1.80. The van der Waals surface area contributed by atoms with Gasteiger partial charge in [0.15, 0.2) is 11.5 Å². The van der Waals surface area contributed by atoms with Crippen LogP contribution in [0.3, 0.4) is 0 Å². The zero-order valence-corrected chi connectivity index (χ0v) is 9.76. The first-order valence-corrected chi connectivity index (χ1v) is 6.13. The van der Waals surface area contributed by atoms with Gasteiger partial charge in [-0.25, -0.2) is 9.50 Å². The van der Waals surface area contributed by atoms with E-state index >= 15 is 0 Å². The summed E-state index contributed by atoms with van der Waals surface area (Å²) in [6.45, 7) is 2.23. The minimum absolute atomic E-state index is 0.714. The Kier molecular flexibility index (Phi) is 2.68. The Morgan fingerprint density at radius 2 is 2.24 bits per heavy atom. The molecule has 0 radical (unpaired) electrons. The number of nitrogens with one attached hydrogen (secondary N) is 1. The average molecular weight is 231 g/mol. The molecule has 0 saturated carbocycles. The highest BCUT2D eigenvalue weighted by molar-refractivity contribution is 5.50. The van der Waals surface area contributed by atoms with Crippen LogP contribution in [0.1, 0.15) is 18.7 Å². The third-order valence-electron chi connectivity index (χ3n) is 3.34. The summed E-state index contributed by atoms with van der Waals surface area (Å²) in [5, 5.41) is 7.85. The largest absolute Gasteiger partial charge is 0.399 e. The van der Waals surface area contributed by atoms with Crippen LogP contribution < -0.4 is 11.1 Å². The lowest BCUT2D eigenvalue weighted by molar-refractivity contribution is 0.367. The monoisotopic (exact) mass is 231 g/mol. The summed E-state index contributed by atoms with van der Waals surface area (Å²) in [6.07, 6.45) is 5.28. The molecule has 3 heterocycles. The van der Waals surface area contributed by atoms with Crippen molar-refractivity contribution in [3.05, 3.63) is 24.2 Å². The van der Waals surface area contributed by atoms with E-state index in [9.17, 15) is 0 Å². The number of rotatable bonds is 2. The molecule has 5 nitrogen and oxygen atoms in total. The van der Waals surface area contributed by atoms with Gasteiger partial charge in [0.1, 0.15) is 0 Å². The fourth-order valence-corrected chi connectivity index (χ4v) is 2.37. The Bertz CT molecular complexity index is 513. The van der Waals surface area contributed by atoms with Crippen LogP contribution in [0.15, 0.2) is 18.3 Å². The number of nitrogens with two attached hydrogens (primary N) is 1. The molecule has 90 valence electrons. The maximum atomic E-state index is 5.73. The lowest BCUT2D eigenvalue weighted by Crippen LogP contribution is -2.28. The molecule has 0 unspecified atom stereocenters. The molecule has 0 amide bonds. The van der Waals surface area contributed by atoms with E-state index in [0.29, 0.717) is 5.92 Å². The van der Waals surface area contributed by atoms with Crippen molar-refractivity contribution in [2.75, 3.05) is 18.8 Å². The average Bonchev–Trinajstić information content (AvgIpc) is 2.71. The highest BCUT2D eigenvalue weighted by atomic mass is 15.3.